The molecule has 31 heavy (non-hydrogen) atoms. The maximum absolute atomic E-state index is 13.1. The van der Waals surface area contributed by atoms with Crippen LogP contribution in [0.5, 0.6) is 5.75 Å². The van der Waals surface area contributed by atoms with Crippen molar-refractivity contribution in [1.29, 1.82) is 0 Å². The lowest BCUT2D eigenvalue weighted by Gasteiger charge is -2.27. The number of hydrogen-bond donors (Lipinski definition) is 2. The summed E-state index contributed by atoms with van der Waals surface area (Å²) in [5, 5.41) is 9.84. The summed E-state index contributed by atoms with van der Waals surface area (Å²) in [6.07, 6.45) is 0. The number of non-ortho nitro benzene ring substituents is 1. The third-order valence-electron chi connectivity index (χ3n) is 5.04. The number of sulfone groups is 1. The van der Waals surface area contributed by atoms with Crippen LogP contribution in [0.25, 0.3) is 0 Å². The quantitative estimate of drug-likeness (QED) is 0.398. The summed E-state index contributed by atoms with van der Waals surface area (Å²) in [6.45, 7) is 0.0331. The van der Waals surface area contributed by atoms with Crippen molar-refractivity contribution in [3.8, 4) is 5.75 Å². The third kappa shape index (κ3) is 4.15. The first-order chi connectivity index (χ1) is 14.7. The lowest BCUT2D eigenvalue weighted by molar-refractivity contribution is -0.384. The van der Waals surface area contributed by atoms with Crippen LogP contribution in [0.1, 0.15) is 16.4 Å². The topological polar surface area (TPSA) is 127 Å². The highest BCUT2D eigenvalue weighted by Gasteiger charge is 2.43. The van der Waals surface area contributed by atoms with Gasteiger partial charge in [0.15, 0.2) is 9.84 Å². The van der Waals surface area contributed by atoms with E-state index in [0.29, 0.717) is 16.9 Å². The van der Waals surface area contributed by atoms with Gasteiger partial charge in [-0.15, -0.1) is 0 Å². The van der Waals surface area contributed by atoms with Crippen molar-refractivity contribution in [3.05, 3.63) is 94.0 Å². The Kier molecular flexibility index (Phi) is 5.48. The van der Waals surface area contributed by atoms with E-state index in [1.165, 1.54) is 36.4 Å². The van der Waals surface area contributed by atoms with Crippen LogP contribution in [0.4, 0.5) is 5.69 Å². The summed E-state index contributed by atoms with van der Waals surface area (Å²) < 4.78 is 53.0. The average Bonchev–Trinajstić information content (AvgIpc) is 3.04. The van der Waals surface area contributed by atoms with Gasteiger partial charge in [-0.1, -0.05) is 36.4 Å². The minimum absolute atomic E-state index is 0.0331. The van der Waals surface area contributed by atoms with Crippen LogP contribution in [0.3, 0.4) is 0 Å². The molecule has 0 radical (unpaired) electrons. The molecule has 1 aliphatic rings. The zero-order valence-electron chi connectivity index (χ0n) is 16.1. The highest BCUT2D eigenvalue weighted by molar-refractivity contribution is 8.25. The van der Waals surface area contributed by atoms with Crippen molar-refractivity contribution in [2.45, 2.75) is 21.6 Å². The Morgan fingerprint density at radius 3 is 2.48 bits per heavy atom. The monoisotopic (exact) mass is 461 g/mol. The van der Waals surface area contributed by atoms with Crippen LogP contribution in [-0.2, 0) is 16.4 Å². The number of benzene rings is 3. The van der Waals surface area contributed by atoms with Crippen LogP contribution in [-0.4, -0.2) is 28.2 Å². The molecular formula is C21H19NO7S2. The molecule has 1 aliphatic heterocycles. The molecule has 8 nitrogen and oxygen atoms in total. The normalized spacial score (nSPS) is 18.2. The number of nitro benzene ring substituents is 1. The number of nitro groups is 1. The minimum atomic E-state index is -3.81. The second-order valence-electron chi connectivity index (χ2n) is 7.10. The Hall–Kier alpha value is -2.92. The molecule has 2 N–H and O–H groups in total. The Bertz CT molecular complexity index is 1240. The van der Waals surface area contributed by atoms with Crippen molar-refractivity contribution in [3.63, 3.8) is 0 Å². The van der Waals surface area contributed by atoms with Crippen LogP contribution in [0, 0.1) is 10.1 Å². The molecule has 0 aromatic heterocycles. The van der Waals surface area contributed by atoms with Gasteiger partial charge < -0.3 is 4.74 Å². The van der Waals surface area contributed by atoms with E-state index in [4.69, 9.17) is 4.74 Å². The molecule has 0 saturated carbocycles. The van der Waals surface area contributed by atoms with Crippen molar-refractivity contribution in [2.75, 3.05) is 5.75 Å². The largest absolute Gasteiger partial charge is 0.489 e. The van der Waals surface area contributed by atoms with Gasteiger partial charge in [0.05, 0.1) is 20.5 Å². The Morgan fingerprint density at radius 2 is 1.77 bits per heavy atom. The highest BCUT2D eigenvalue weighted by atomic mass is 32.3. The molecule has 1 atom stereocenters. The van der Waals surface area contributed by atoms with Crippen molar-refractivity contribution in [2.24, 2.45) is 0 Å². The first-order valence-electron chi connectivity index (χ1n) is 9.23. The SMILES string of the molecule is O=[N+]([O-])c1cccc(COc2ccc3c(c2)S(O)(O)CC3S(=O)(=O)c2ccccc2)c1. The number of fused-ring (bicyclic) bond motifs is 1. The van der Waals surface area contributed by atoms with Crippen molar-refractivity contribution < 1.29 is 27.2 Å². The fraction of sp³-hybridized carbons (Fsp3) is 0.143. The van der Waals surface area contributed by atoms with Gasteiger partial charge in [-0.2, -0.15) is 10.6 Å². The summed E-state index contributed by atoms with van der Waals surface area (Å²) >= 11 is 0. The lowest BCUT2D eigenvalue weighted by atomic mass is 10.1. The van der Waals surface area contributed by atoms with Gasteiger partial charge in [0.25, 0.3) is 5.69 Å². The molecule has 1 unspecified atom stereocenters. The summed E-state index contributed by atoms with van der Waals surface area (Å²) in [4.78, 5) is 10.7. The van der Waals surface area contributed by atoms with Crippen LogP contribution in [0.2, 0.25) is 0 Å². The van der Waals surface area contributed by atoms with Gasteiger partial charge in [0.1, 0.15) is 17.6 Å². The zero-order valence-corrected chi connectivity index (χ0v) is 17.8. The summed E-state index contributed by atoms with van der Waals surface area (Å²) in [7, 11) is -7.13. The lowest BCUT2D eigenvalue weighted by Crippen LogP contribution is -2.15. The van der Waals surface area contributed by atoms with Crippen LogP contribution in [0.15, 0.2) is 82.6 Å². The molecule has 0 fully saturated rings. The van der Waals surface area contributed by atoms with Crippen molar-refractivity contribution >= 4 is 26.1 Å². The van der Waals surface area contributed by atoms with Gasteiger partial charge >= 0.3 is 0 Å². The maximum Gasteiger partial charge on any atom is 0.269 e. The average molecular weight is 462 g/mol. The number of ether oxygens (including phenoxy) is 1. The number of nitrogens with zero attached hydrogens (tertiary/aromatic N) is 1. The van der Waals surface area contributed by atoms with E-state index in [9.17, 15) is 27.6 Å². The first kappa shape index (κ1) is 21.3. The second-order valence-corrected chi connectivity index (χ2v) is 11.3. The fourth-order valence-electron chi connectivity index (χ4n) is 3.50. The molecule has 162 valence electrons. The minimum Gasteiger partial charge on any atom is -0.489 e. The molecule has 3 aromatic carbocycles. The van der Waals surface area contributed by atoms with E-state index in [2.05, 4.69) is 0 Å². The standard InChI is InChI=1S/C21H19NO7S2/c23-22(24)16-6-4-5-15(11-16)13-29-17-9-10-19-20(12-17)30(25,26)14-21(19)31(27,28)18-7-2-1-3-8-18/h1-12,21,25-26H,13-14H2. The van der Waals surface area contributed by atoms with Gasteiger partial charge in [-0.3, -0.25) is 19.2 Å². The summed E-state index contributed by atoms with van der Waals surface area (Å²) in [5.41, 5.74) is 0.857. The number of hydrogen-bond acceptors (Lipinski definition) is 7. The van der Waals surface area contributed by atoms with Gasteiger partial charge in [-0.25, -0.2) is 8.42 Å². The predicted octanol–water partition coefficient (Wildman–Crippen LogP) is 4.81. The fourth-order valence-corrected chi connectivity index (χ4v) is 7.94. The molecule has 3 aromatic rings. The van der Waals surface area contributed by atoms with Crippen molar-refractivity contribution in [1.82, 2.24) is 0 Å². The van der Waals surface area contributed by atoms with Crippen LogP contribution < -0.4 is 4.74 Å². The molecular weight excluding hydrogens is 442 g/mol. The molecule has 10 heteroatoms. The van der Waals surface area contributed by atoms with Gasteiger partial charge in [-0.05, 0) is 29.3 Å². The highest BCUT2D eigenvalue weighted by Crippen LogP contribution is 2.61. The smallest absolute Gasteiger partial charge is 0.269 e. The molecule has 0 amide bonds. The molecule has 4 rings (SSSR count). The zero-order chi connectivity index (χ0) is 22.2. The second kappa shape index (κ2) is 7.97. The van der Waals surface area contributed by atoms with Gasteiger partial charge in [0.2, 0.25) is 0 Å². The Balaban J connectivity index is 1.61. The molecule has 0 spiro atoms. The molecule has 1 heterocycles. The molecule has 0 aliphatic carbocycles. The summed E-state index contributed by atoms with van der Waals surface area (Å²) in [5.74, 6) is -0.00329. The Labute approximate surface area is 180 Å². The van der Waals surface area contributed by atoms with E-state index in [1.807, 2.05) is 0 Å². The van der Waals surface area contributed by atoms with E-state index >= 15 is 0 Å². The number of rotatable bonds is 6. The molecule has 0 saturated heterocycles. The maximum atomic E-state index is 13.1. The van der Waals surface area contributed by atoms with E-state index < -0.39 is 30.6 Å². The van der Waals surface area contributed by atoms with Crippen LogP contribution >= 0.6 is 10.6 Å². The van der Waals surface area contributed by atoms with E-state index in [1.54, 1.807) is 36.4 Å². The van der Waals surface area contributed by atoms with Gasteiger partial charge in [0, 0.05) is 18.2 Å². The predicted molar refractivity (Wildman–Crippen MR) is 116 cm³/mol. The molecule has 0 bridgehead atoms. The third-order valence-corrected chi connectivity index (χ3v) is 9.21. The Morgan fingerprint density at radius 1 is 1.03 bits per heavy atom. The van der Waals surface area contributed by atoms with E-state index in [0.717, 1.165) is 0 Å². The summed E-state index contributed by atoms with van der Waals surface area (Å²) in [6, 6.07) is 18.4. The van der Waals surface area contributed by atoms with E-state index in [-0.39, 0.29) is 27.8 Å². The first-order valence-corrected chi connectivity index (χ1v) is 12.5.